The van der Waals surface area contributed by atoms with E-state index in [0.29, 0.717) is 17.8 Å². The normalized spacial score (nSPS) is 11.6. The number of nitrogens with zero attached hydrogens (tertiary/aromatic N) is 2. The predicted molar refractivity (Wildman–Crippen MR) is 84.5 cm³/mol. The van der Waals surface area contributed by atoms with Crippen molar-refractivity contribution in [1.29, 1.82) is 0 Å². The molecule has 2 aromatic heterocycles. The van der Waals surface area contributed by atoms with E-state index in [9.17, 15) is 19.8 Å². The van der Waals surface area contributed by atoms with Gasteiger partial charge < -0.3 is 10.2 Å². The molecule has 0 bridgehead atoms. The molecule has 2 N–H and O–H groups in total. The van der Waals surface area contributed by atoms with Crippen LogP contribution in [0.3, 0.4) is 0 Å². The number of hydrogen-bond donors (Lipinski definition) is 2. The van der Waals surface area contributed by atoms with Crippen molar-refractivity contribution in [1.82, 2.24) is 9.78 Å². The molecule has 2 heterocycles. The van der Waals surface area contributed by atoms with Gasteiger partial charge in [-0.2, -0.15) is 5.10 Å². The maximum atomic E-state index is 12.2. The van der Waals surface area contributed by atoms with Gasteiger partial charge in [0.1, 0.15) is 5.69 Å². The third-order valence-corrected chi connectivity index (χ3v) is 4.05. The standard InChI is InChI=1S/C15H18N2O4S/c1-15(2,3)6-7-17-13(19)10(14(20)21)12(18)11(16-17)9-5-4-8-22-9/h4-5,8,18H,6-7H2,1-3H3,(H,20,21). The number of aromatic carboxylic acids is 1. The molecule has 0 aliphatic carbocycles. The van der Waals surface area contributed by atoms with Crippen molar-refractivity contribution in [2.45, 2.75) is 33.7 Å². The number of aromatic nitrogens is 2. The summed E-state index contributed by atoms with van der Waals surface area (Å²) in [7, 11) is 0. The second-order valence-electron chi connectivity index (χ2n) is 6.19. The van der Waals surface area contributed by atoms with Crippen molar-refractivity contribution in [3.63, 3.8) is 0 Å². The Bertz CT molecular complexity index is 742. The Hall–Kier alpha value is -2.15. The largest absolute Gasteiger partial charge is 0.505 e. The van der Waals surface area contributed by atoms with Crippen LogP contribution in [0.4, 0.5) is 0 Å². The lowest BCUT2D eigenvalue weighted by Gasteiger charge is -2.18. The lowest BCUT2D eigenvalue weighted by molar-refractivity contribution is 0.0690. The molecule has 0 saturated heterocycles. The first-order chi connectivity index (χ1) is 10.2. The molecular weight excluding hydrogens is 304 g/mol. The number of aromatic hydroxyl groups is 1. The monoisotopic (exact) mass is 322 g/mol. The van der Waals surface area contributed by atoms with E-state index in [2.05, 4.69) is 5.10 Å². The first kappa shape index (κ1) is 16.2. The fourth-order valence-corrected chi connectivity index (χ4v) is 2.64. The number of rotatable bonds is 4. The highest BCUT2D eigenvalue weighted by molar-refractivity contribution is 7.13. The SMILES string of the molecule is CC(C)(C)CCn1nc(-c2cccs2)c(O)c(C(=O)O)c1=O. The Balaban J connectivity index is 2.59. The maximum Gasteiger partial charge on any atom is 0.345 e. The summed E-state index contributed by atoms with van der Waals surface area (Å²) in [6, 6.07) is 3.49. The number of carbonyl (C=O) groups is 1. The molecule has 7 heteroatoms. The van der Waals surface area contributed by atoms with E-state index in [1.807, 2.05) is 20.8 Å². The second kappa shape index (κ2) is 5.92. The highest BCUT2D eigenvalue weighted by atomic mass is 32.1. The van der Waals surface area contributed by atoms with E-state index in [1.165, 1.54) is 11.3 Å². The van der Waals surface area contributed by atoms with E-state index >= 15 is 0 Å². The maximum absolute atomic E-state index is 12.2. The minimum Gasteiger partial charge on any atom is -0.505 e. The number of aryl methyl sites for hydroxylation is 1. The number of carboxylic acids is 1. The van der Waals surface area contributed by atoms with Crippen LogP contribution in [0.25, 0.3) is 10.6 Å². The van der Waals surface area contributed by atoms with Gasteiger partial charge in [-0.3, -0.25) is 4.79 Å². The van der Waals surface area contributed by atoms with Gasteiger partial charge in [-0.15, -0.1) is 11.3 Å². The molecule has 0 radical (unpaired) electrons. The molecule has 0 aliphatic heterocycles. The molecule has 0 amide bonds. The number of thiophene rings is 1. The van der Waals surface area contributed by atoms with Crippen molar-refractivity contribution < 1.29 is 15.0 Å². The predicted octanol–water partition coefficient (Wildman–Crippen LogP) is 2.81. The summed E-state index contributed by atoms with van der Waals surface area (Å²) >= 11 is 1.32. The smallest absolute Gasteiger partial charge is 0.345 e. The van der Waals surface area contributed by atoms with Crippen LogP contribution in [0.1, 0.15) is 37.6 Å². The molecule has 2 aromatic rings. The zero-order chi connectivity index (χ0) is 16.5. The van der Waals surface area contributed by atoms with Gasteiger partial charge in [0.25, 0.3) is 5.56 Å². The summed E-state index contributed by atoms with van der Waals surface area (Å²) < 4.78 is 1.13. The minimum atomic E-state index is -1.45. The molecule has 0 aromatic carbocycles. The van der Waals surface area contributed by atoms with Crippen molar-refractivity contribution in [2.24, 2.45) is 5.41 Å². The van der Waals surface area contributed by atoms with Gasteiger partial charge in [0.2, 0.25) is 0 Å². The summed E-state index contributed by atoms with van der Waals surface area (Å²) in [5.74, 6) is -2.03. The Morgan fingerprint density at radius 3 is 2.59 bits per heavy atom. The molecule has 0 aliphatic rings. The van der Waals surface area contributed by atoms with Crippen LogP contribution >= 0.6 is 11.3 Å². The van der Waals surface area contributed by atoms with Crippen molar-refractivity contribution in [3.8, 4) is 16.3 Å². The second-order valence-corrected chi connectivity index (χ2v) is 7.14. The average Bonchev–Trinajstić information content (AvgIpc) is 2.90. The molecule has 0 atom stereocenters. The summed E-state index contributed by atoms with van der Waals surface area (Å²) in [4.78, 5) is 24.2. The van der Waals surface area contributed by atoms with Crippen LogP contribution in [-0.4, -0.2) is 26.0 Å². The highest BCUT2D eigenvalue weighted by Gasteiger charge is 2.24. The van der Waals surface area contributed by atoms with Crippen LogP contribution in [-0.2, 0) is 6.54 Å². The Kier molecular flexibility index (Phi) is 4.37. The summed E-state index contributed by atoms with van der Waals surface area (Å²) in [6.07, 6.45) is 0.660. The zero-order valence-electron chi connectivity index (χ0n) is 12.7. The van der Waals surface area contributed by atoms with Gasteiger partial charge >= 0.3 is 5.97 Å². The molecular formula is C15H18N2O4S. The van der Waals surface area contributed by atoms with E-state index in [1.54, 1.807) is 17.5 Å². The third-order valence-electron chi connectivity index (χ3n) is 3.17. The molecule has 0 saturated carbocycles. The van der Waals surface area contributed by atoms with Gasteiger partial charge in [0, 0.05) is 6.54 Å². The van der Waals surface area contributed by atoms with Gasteiger partial charge in [0.15, 0.2) is 11.3 Å². The molecule has 0 fully saturated rings. The van der Waals surface area contributed by atoms with E-state index in [0.717, 1.165) is 4.68 Å². The molecule has 118 valence electrons. The van der Waals surface area contributed by atoms with E-state index < -0.39 is 22.8 Å². The molecule has 22 heavy (non-hydrogen) atoms. The Labute approximate surface area is 131 Å². The molecule has 0 unspecified atom stereocenters. The summed E-state index contributed by atoms with van der Waals surface area (Å²) in [5, 5.41) is 25.3. The van der Waals surface area contributed by atoms with E-state index in [-0.39, 0.29) is 11.1 Å². The van der Waals surface area contributed by atoms with Gasteiger partial charge in [-0.25, -0.2) is 9.48 Å². The molecule has 2 rings (SSSR count). The summed E-state index contributed by atoms with van der Waals surface area (Å²) in [6.45, 7) is 6.37. The van der Waals surface area contributed by atoms with Crippen molar-refractivity contribution >= 4 is 17.3 Å². The molecule has 0 spiro atoms. The Morgan fingerprint density at radius 1 is 1.41 bits per heavy atom. The van der Waals surface area contributed by atoms with Gasteiger partial charge in [-0.1, -0.05) is 26.8 Å². The zero-order valence-corrected chi connectivity index (χ0v) is 13.5. The molecule has 6 nitrogen and oxygen atoms in total. The van der Waals surface area contributed by atoms with Crippen LogP contribution < -0.4 is 5.56 Å². The van der Waals surface area contributed by atoms with Gasteiger partial charge in [-0.05, 0) is 23.3 Å². The Morgan fingerprint density at radius 2 is 2.09 bits per heavy atom. The van der Waals surface area contributed by atoms with Crippen molar-refractivity contribution in [3.05, 3.63) is 33.4 Å². The van der Waals surface area contributed by atoms with Crippen LogP contribution in [0.5, 0.6) is 5.75 Å². The minimum absolute atomic E-state index is 0.0223. The fraction of sp³-hybridized carbons (Fsp3) is 0.400. The third kappa shape index (κ3) is 3.36. The number of carboxylic acid groups (broad SMARTS) is 1. The first-order valence-corrected chi connectivity index (χ1v) is 7.70. The lowest BCUT2D eigenvalue weighted by Crippen LogP contribution is -2.30. The van der Waals surface area contributed by atoms with E-state index in [4.69, 9.17) is 0 Å². The quantitative estimate of drug-likeness (QED) is 0.903. The number of hydrogen-bond acceptors (Lipinski definition) is 5. The fourth-order valence-electron chi connectivity index (χ4n) is 1.93. The highest BCUT2D eigenvalue weighted by Crippen LogP contribution is 2.31. The van der Waals surface area contributed by atoms with Gasteiger partial charge in [0.05, 0.1) is 4.88 Å². The van der Waals surface area contributed by atoms with Crippen LogP contribution in [0, 0.1) is 5.41 Å². The lowest BCUT2D eigenvalue weighted by atomic mass is 9.92. The van der Waals surface area contributed by atoms with Crippen LogP contribution in [0.2, 0.25) is 0 Å². The van der Waals surface area contributed by atoms with Crippen LogP contribution in [0.15, 0.2) is 22.3 Å². The topological polar surface area (TPSA) is 92.4 Å². The van der Waals surface area contributed by atoms with Crippen molar-refractivity contribution in [2.75, 3.05) is 0 Å². The average molecular weight is 322 g/mol. The first-order valence-electron chi connectivity index (χ1n) is 6.82. The summed E-state index contributed by atoms with van der Waals surface area (Å²) in [5.41, 5.74) is -1.31.